The first-order chi connectivity index (χ1) is 7.66. The second kappa shape index (κ2) is 4.81. The standard InChI is InChI=1S/C13H11ClOS/c1-10-3-2-4-13(9-10)16(15)12-7-5-11(14)6-8-12/h2-9H,1H3. The summed E-state index contributed by atoms with van der Waals surface area (Å²) < 4.78 is 12.2. The summed E-state index contributed by atoms with van der Waals surface area (Å²) in [6.07, 6.45) is 0. The van der Waals surface area contributed by atoms with Crippen LogP contribution < -0.4 is 0 Å². The lowest BCUT2D eigenvalue weighted by molar-refractivity contribution is 0.683. The molecule has 0 N–H and O–H groups in total. The molecule has 16 heavy (non-hydrogen) atoms. The highest BCUT2D eigenvalue weighted by Crippen LogP contribution is 2.19. The maximum Gasteiger partial charge on any atom is 0.0849 e. The van der Waals surface area contributed by atoms with Gasteiger partial charge in [-0.15, -0.1) is 0 Å². The summed E-state index contributed by atoms with van der Waals surface area (Å²) in [5.41, 5.74) is 1.11. The summed E-state index contributed by atoms with van der Waals surface area (Å²) in [6, 6.07) is 14.8. The molecule has 2 aromatic rings. The van der Waals surface area contributed by atoms with Crippen molar-refractivity contribution in [2.24, 2.45) is 0 Å². The molecule has 0 heterocycles. The van der Waals surface area contributed by atoms with Gasteiger partial charge < -0.3 is 0 Å². The van der Waals surface area contributed by atoms with Crippen molar-refractivity contribution in [3.05, 3.63) is 59.1 Å². The first-order valence-electron chi connectivity index (χ1n) is 4.91. The molecule has 0 aromatic heterocycles. The van der Waals surface area contributed by atoms with Gasteiger partial charge in [0.2, 0.25) is 0 Å². The molecule has 2 aromatic carbocycles. The molecule has 1 nitrogen and oxygen atoms in total. The van der Waals surface area contributed by atoms with Gasteiger partial charge in [0.25, 0.3) is 0 Å². The van der Waals surface area contributed by atoms with Crippen LogP contribution in [0.3, 0.4) is 0 Å². The predicted molar refractivity (Wildman–Crippen MR) is 67.3 cm³/mol. The minimum atomic E-state index is -1.12. The molecule has 0 fully saturated rings. The van der Waals surface area contributed by atoms with Gasteiger partial charge in [0.05, 0.1) is 10.8 Å². The number of hydrogen-bond acceptors (Lipinski definition) is 1. The van der Waals surface area contributed by atoms with Gasteiger partial charge in [0, 0.05) is 14.8 Å². The van der Waals surface area contributed by atoms with Crippen molar-refractivity contribution in [3.63, 3.8) is 0 Å². The summed E-state index contributed by atoms with van der Waals surface area (Å²) in [5, 5.41) is 0.657. The SMILES string of the molecule is Cc1cccc(S(=O)c2ccc(Cl)cc2)c1. The van der Waals surface area contributed by atoms with Crippen molar-refractivity contribution in [3.8, 4) is 0 Å². The number of halogens is 1. The number of aryl methyl sites for hydroxylation is 1. The molecule has 0 radical (unpaired) electrons. The van der Waals surface area contributed by atoms with Crippen molar-refractivity contribution >= 4 is 22.4 Å². The topological polar surface area (TPSA) is 17.1 Å². The van der Waals surface area contributed by atoms with Crippen LogP contribution in [0.15, 0.2) is 58.3 Å². The fourth-order valence-corrected chi connectivity index (χ4v) is 2.70. The van der Waals surface area contributed by atoms with Crippen LogP contribution in [0.4, 0.5) is 0 Å². The summed E-state index contributed by atoms with van der Waals surface area (Å²) in [4.78, 5) is 1.59. The number of hydrogen-bond donors (Lipinski definition) is 0. The van der Waals surface area contributed by atoms with Crippen molar-refractivity contribution in [1.29, 1.82) is 0 Å². The Balaban J connectivity index is 2.35. The van der Waals surface area contributed by atoms with E-state index in [1.54, 1.807) is 24.3 Å². The van der Waals surface area contributed by atoms with Crippen LogP contribution in [0.5, 0.6) is 0 Å². The van der Waals surface area contributed by atoms with Crippen LogP contribution in [0.2, 0.25) is 5.02 Å². The zero-order valence-corrected chi connectivity index (χ0v) is 10.4. The third-order valence-electron chi connectivity index (χ3n) is 2.23. The Morgan fingerprint density at radius 2 is 1.69 bits per heavy atom. The molecule has 2 rings (SSSR count). The average Bonchev–Trinajstić information content (AvgIpc) is 2.29. The Hall–Kier alpha value is -1.12. The van der Waals surface area contributed by atoms with Gasteiger partial charge in [-0.05, 0) is 48.9 Å². The van der Waals surface area contributed by atoms with E-state index in [4.69, 9.17) is 11.6 Å². The molecule has 0 amide bonds. The van der Waals surface area contributed by atoms with E-state index in [9.17, 15) is 4.21 Å². The van der Waals surface area contributed by atoms with Crippen LogP contribution in [0.25, 0.3) is 0 Å². The van der Waals surface area contributed by atoms with Crippen LogP contribution >= 0.6 is 11.6 Å². The minimum Gasteiger partial charge on any atom is -0.249 e. The highest BCUT2D eigenvalue weighted by molar-refractivity contribution is 7.85. The maximum absolute atomic E-state index is 12.2. The fourth-order valence-electron chi connectivity index (χ4n) is 1.42. The minimum absolute atomic E-state index is 0.657. The first-order valence-corrected chi connectivity index (χ1v) is 6.43. The largest absolute Gasteiger partial charge is 0.249 e. The maximum atomic E-state index is 12.2. The fraction of sp³-hybridized carbons (Fsp3) is 0.0769. The van der Waals surface area contributed by atoms with E-state index in [-0.39, 0.29) is 0 Å². The molecule has 0 saturated heterocycles. The zero-order valence-electron chi connectivity index (χ0n) is 8.81. The van der Waals surface area contributed by atoms with E-state index < -0.39 is 10.8 Å². The van der Waals surface area contributed by atoms with Crippen LogP contribution in [0.1, 0.15) is 5.56 Å². The van der Waals surface area contributed by atoms with E-state index in [0.717, 1.165) is 15.4 Å². The third-order valence-corrected chi connectivity index (χ3v) is 3.87. The van der Waals surface area contributed by atoms with Gasteiger partial charge in [-0.1, -0.05) is 23.7 Å². The van der Waals surface area contributed by atoms with Crippen LogP contribution in [-0.2, 0) is 10.8 Å². The van der Waals surface area contributed by atoms with E-state index in [0.29, 0.717) is 5.02 Å². The Morgan fingerprint density at radius 1 is 1.00 bits per heavy atom. The molecule has 0 aliphatic carbocycles. The van der Waals surface area contributed by atoms with Gasteiger partial charge in [-0.25, -0.2) is 4.21 Å². The first kappa shape index (κ1) is 11.4. The lowest BCUT2D eigenvalue weighted by Crippen LogP contribution is -1.92. The molecule has 0 aliphatic rings. The van der Waals surface area contributed by atoms with Gasteiger partial charge in [0.1, 0.15) is 0 Å². The second-order valence-electron chi connectivity index (χ2n) is 3.54. The van der Waals surface area contributed by atoms with Crippen molar-refractivity contribution in [2.75, 3.05) is 0 Å². The third kappa shape index (κ3) is 2.52. The summed E-state index contributed by atoms with van der Waals surface area (Å²) in [6.45, 7) is 1.99. The van der Waals surface area contributed by atoms with Gasteiger partial charge >= 0.3 is 0 Å². The van der Waals surface area contributed by atoms with Crippen LogP contribution in [0, 0.1) is 6.92 Å². The van der Waals surface area contributed by atoms with Gasteiger partial charge in [-0.2, -0.15) is 0 Å². The summed E-state index contributed by atoms with van der Waals surface area (Å²) >= 11 is 5.79. The lowest BCUT2D eigenvalue weighted by Gasteiger charge is -2.03. The van der Waals surface area contributed by atoms with Crippen molar-refractivity contribution in [1.82, 2.24) is 0 Å². The Morgan fingerprint density at radius 3 is 2.31 bits per heavy atom. The number of rotatable bonds is 2. The van der Waals surface area contributed by atoms with Gasteiger partial charge in [-0.3, -0.25) is 0 Å². The Kier molecular flexibility index (Phi) is 3.42. The van der Waals surface area contributed by atoms with Gasteiger partial charge in [0.15, 0.2) is 0 Å². The molecule has 1 unspecified atom stereocenters. The quantitative estimate of drug-likeness (QED) is 0.792. The average molecular weight is 251 g/mol. The lowest BCUT2D eigenvalue weighted by atomic mass is 10.2. The normalized spacial score (nSPS) is 12.4. The van der Waals surface area contributed by atoms with Crippen LogP contribution in [-0.4, -0.2) is 4.21 Å². The second-order valence-corrected chi connectivity index (χ2v) is 5.46. The molecule has 0 bridgehead atoms. The molecular weight excluding hydrogens is 240 g/mol. The summed E-state index contributed by atoms with van der Waals surface area (Å²) in [5.74, 6) is 0. The van der Waals surface area contributed by atoms with E-state index >= 15 is 0 Å². The molecule has 0 spiro atoms. The van der Waals surface area contributed by atoms with E-state index in [2.05, 4.69) is 0 Å². The molecule has 3 heteroatoms. The molecule has 0 saturated carbocycles. The van der Waals surface area contributed by atoms with E-state index in [1.807, 2.05) is 31.2 Å². The highest BCUT2D eigenvalue weighted by atomic mass is 35.5. The highest BCUT2D eigenvalue weighted by Gasteiger charge is 2.06. The zero-order chi connectivity index (χ0) is 11.5. The van der Waals surface area contributed by atoms with Crippen molar-refractivity contribution in [2.45, 2.75) is 16.7 Å². The smallest absolute Gasteiger partial charge is 0.0849 e. The molecule has 1 atom stereocenters. The Labute approximate surface area is 103 Å². The molecule has 0 aliphatic heterocycles. The van der Waals surface area contributed by atoms with Crippen molar-refractivity contribution < 1.29 is 4.21 Å². The van der Waals surface area contributed by atoms with E-state index in [1.165, 1.54) is 0 Å². The molecular formula is C13H11ClOS. The number of benzene rings is 2. The molecule has 82 valence electrons. The predicted octanol–water partition coefficient (Wildman–Crippen LogP) is 3.82. The summed E-state index contributed by atoms with van der Waals surface area (Å²) in [7, 11) is -1.12. The monoisotopic (exact) mass is 250 g/mol. The Bertz CT molecular complexity index is 520.